The van der Waals surface area contributed by atoms with E-state index in [-0.39, 0.29) is 29.5 Å². The standard InChI is InChI=1S/C29H32N8O4/c1-20(38)30-15-17-41-18-16-31-27-35-28(37-29(36-27)34-24-11-13-25(39)14-12-24)33-23-9-7-22(8-10-23)26(40)32-19-21-5-3-2-4-6-21/h2-14,39H,15-19H2,1H3,(H,30,38)(H,32,40)(H3,31,33,34,35,36,37). The van der Waals surface area contributed by atoms with Crippen LogP contribution in [0.1, 0.15) is 22.8 Å². The number of amides is 2. The molecule has 3 aromatic carbocycles. The van der Waals surface area contributed by atoms with Gasteiger partial charge in [0.25, 0.3) is 5.91 Å². The number of ether oxygens (including phenoxy) is 1. The number of phenols is 1. The minimum absolute atomic E-state index is 0.105. The molecule has 0 spiro atoms. The number of nitrogens with zero attached hydrogens (tertiary/aromatic N) is 3. The highest BCUT2D eigenvalue weighted by molar-refractivity contribution is 5.94. The molecule has 1 heterocycles. The van der Waals surface area contributed by atoms with Crippen molar-refractivity contribution >= 4 is 41.0 Å². The number of phenolic OH excluding ortho intramolecular Hbond substituents is 1. The highest BCUT2D eigenvalue weighted by atomic mass is 16.5. The van der Waals surface area contributed by atoms with Gasteiger partial charge in [-0.3, -0.25) is 9.59 Å². The highest BCUT2D eigenvalue weighted by Gasteiger charge is 2.10. The van der Waals surface area contributed by atoms with Crippen molar-refractivity contribution in [3.63, 3.8) is 0 Å². The second-order valence-electron chi connectivity index (χ2n) is 8.87. The van der Waals surface area contributed by atoms with Crippen LogP contribution in [0.4, 0.5) is 29.2 Å². The van der Waals surface area contributed by atoms with Gasteiger partial charge in [0.15, 0.2) is 0 Å². The lowest BCUT2D eigenvalue weighted by molar-refractivity contribution is -0.119. The second-order valence-corrected chi connectivity index (χ2v) is 8.87. The number of hydrogen-bond donors (Lipinski definition) is 6. The first-order valence-corrected chi connectivity index (χ1v) is 13.0. The molecule has 0 saturated heterocycles. The number of nitrogens with one attached hydrogen (secondary N) is 5. The summed E-state index contributed by atoms with van der Waals surface area (Å²) in [5, 5.41) is 24.5. The van der Waals surface area contributed by atoms with E-state index < -0.39 is 0 Å². The van der Waals surface area contributed by atoms with Crippen molar-refractivity contribution in [2.75, 3.05) is 42.3 Å². The molecule has 0 aliphatic heterocycles. The summed E-state index contributed by atoms with van der Waals surface area (Å²) in [5.74, 6) is 0.729. The first kappa shape index (κ1) is 28.8. The van der Waals surface area contributed by atoms with Crippen molar-refractivity contribution in [2.45, 2.75) is 13.5 Å². The third kappa shape index (κ3) is 9.79. The predicted molar refractivity (Wildman–Crippen MR) is 157 cm³/mol. The van der Waals surface area contributed by atoms with Gasteiger partial charge in [0.1, 0.15) is 5.75 Å². The van der Waals surface area contributed by atoms with E-state index in [0.29, 0.717) is 55.7 Å². The molecule has 6 N–H and O–H groups in total. The molecule has 212 valence electrons. The summed E-state index contributed by atoms with van der Waals surface area (Å²) in [7, 11) is 0. The van der Waals surface area contributed by atoms with Gasteiger partial charge in [-0.1, -0.05) is 30.3 Å². The monoisotopic (exact) mass is 556 g/mol. The first-order valence-electron chi connectivity index (χ1n) is 13.0. The van der Waals surface area contributed by atoms with E-state index >= 15 is 0 Å². The zero-order valence-electron chi connectivity index (χ0n) is 22.6. The maximum atomic E-state index is 12.6. The lowest BCUT2D eigenvalue weighted by Gasteiger charge is -2.12. The van der Waals surface area contributed by atoms with Crippen molar-refractivity contribution in [1.82, 2.24) is 25.6 Å². The zero-order valence-corrected chi connectivity index (χ0v) is 22.6. The summed E-state index contributed by atoms with van der Waals surface area (Å²) >= 11 is 0. The molecule has 0 saturated carbocycles. The number of aromatic nitrogens is 3. The van der Waals surface area contributed by atoms with Crippen LogP contribution < -0.4 is 26.6 Å². The van der Waals surface area contributed by atoms with Crippen LogP contribution in [0.15, 0.2) is 78.9 Å². The Morgan fingerprint density at radius 2 is 1.32 bits per heavy atom. The molecule has 41 heavy (non-hydrogen) atoms. The molecule has 12 nitrogen and oxygen atoms in total. The van der Waals surface area contributed by atoms with E-state index in [2.05, 4.69) is 41.5 Å². The summed E-state index contributed by atoms with van der Waals surface area (Å²) in [5.41, 5.74) is 2.90. The Hall–Kier alpha value is -5.23. The molecule has 4 aromatic rings. The predicted octanol–water partition coefficient (Wildman–Crippen LogP) is 3.56. The lowest BCUT2D eigenvalue weighted by Crippen LogP contribution is -2.25. The summed E-state index contributed by atoms with van der Waals surface area (Å²) in [6.07, 6.45) is 0. The molecule has 12 heteroatoms. The molecule has 0 aliphatic rings. The van der Waals surface area contributed by atoms with Gasteiger partial charge in [0, 0.05) is 43.5 Å². The number of hydrogen-bond acceptors (Lipinski definition) is 10. The minimum Gasteiger partial charge on any atom is -0.508 e. The van der Waals surface area contributed by atoms with E-state index in [1.807, 2.05) is 30.3 Å². The van der Waals surface area contributed by atoms with Crippen LogP contribution >= 0.6 is 0 Å². The van der Waals surface area contributed by atoms with Crippen molar-refractivity contribution in [1.29, 1.82) is 0 Å². The number of rotatable bonds is 14. The summed E-state index contributed by atoms with van der Waals surface area (Å²) in [4.78, 5) is 36.8. The van der Waals surface area contributed by atoms with Crippen molar-refractivity contribution in [2.24, 2.45) is 0 Å². The summed E-state index contributed by atoms with van der Waals surface area (Å²) in [6.45, 7) is 3.52. The van der Waals surface area contributed by atoms with E-state index in [1.54, 1.807) is 48.5 Å². The van der Waals surface area contributed by atoms with Gasteiger partial charge in [-0.25, -0.2) is 0 Å². The normalized spacial score (nSPS) is 10.5. The van der Waals surface area contributed by atoms with Gasteiger partial charge in [-0.2, -0.15) is 15.0 Å². The minimum atomic E-state index is -0.174. The lowest BCUT2D eigenvalue weighted by atomic mass is 10.2. The van der Waals surface area contributed by atoms with Gasteiger partial charge in [0.2, 0.25) is 23.8 Å². The van der Waals surface area contributed by atoms with Crippen molar-refractivity contribution in [3.8, 4) is 5.75 Å². The average molecular weight is 557 g/mol. The van der Waals surface area contributed by atoms with Crippen LogP contribution in [-0.4, -0.2) is 58.2 Å². The number of aromatic hydroxyl groups is 1. The van der Waals surface area contributed by atoms with E-state index in [9.17, 15) is 14.7 Å². The summed E-state index contributed by atoms with van der Waals surface area (Å²) in [6, 6.07) is 23.2. The SMILES string of the molecule is CC(=O)NCCOCCNc1nc(Nc2ccc(O)cc2)nc(Nc2ccc(C(=O)NCc3ccccc3)cc2)n1. The fourth-order valence-corrected chi connectivity index (χ4v) is 3.59. The number of benzene rings is 3. The van der Waals surface area contributed by atoms with E-state index in [4.69, 9.17) is 4.74 Å². The molecular weight excluding hydrogens is 524 g/mol. The molecule has 0 aliphatic carbocycles. The van der Waals surface area contributed by atoms with Gasteiger partial charge in [0.05, 0.1) is 13.2 Å². The van der Waals surface area contributed by atoms with Gasteiger partial charge in [-0.15, -0.1) is 0 Å². The van der Waals surface area contributed by atoms with Crippen LogP contribution in [-0.2, 0) is 16.1 Å². The Balaban J connectivity index is 1.39. The summed E-state index contributed by atoms with van der Waals surface area (Å²) < 4.78 is 5.51. The van der Waals surface area contributed by atoms with Crippen LogP contribution in [0.3, 0.4) is 0 Å². The zero-order chi connectivity index (χ0) is 28.9. The van der Waals surface area contributed by atoms with Crippen LogP contribution in [0, 0.1) is 0 Å². The molecule has 4 rings (SSSR count). The molecule has 0 unspecified atom stereocenters. The smallest absolute Gasteiger partial charge is 0.251 e. The molecular formula is C29H32N8O4. The number of anilines is 5. The molecule has 0 bridgehead atoms. The third-order valence-corrected chi connectivity index (χ3v) is 5.61. The Morgan fingerprint density at radius 3 is 1.95 bits per heavy atom. The molecule has 1 aromatic heterocycles. The van der Waals surface area contributed by atoms with Crippen LogP contribution in [0.2, 0.25) is 0 Å². The molecule has 0 fully saturated rings. The second kappa shape index (κ2) is 14.8. The third-order valence-electron chi connectivity index (χ3n) is 5.61. The van der Waals surface area contributed by atoms with Gasteiger partial charge in [-0.05, 0) is 54.1 Å². The Morgan fingerprint density at radius 1 is 0.732 bits per heavy atom. The molecule has 0 atom stereocenters. The quantitative estimate of drug-likeness (QED) is 0.100. The van der Waals surface area contributed by atoms with Gasteiger partial charge >= 0.3 is 0 Å². The van der Waals surface area contributed by atoms with Gasteiger partial charge < -0.3 is 36.4 Å². The maximum Gasteiger partial charge on any atom is 0.251 e. The van der Waals surface area contributed by atoms with E-state index in [1.165, 1.54) is 6.92 Å². The fourth-order valence-electron chi connectivity index (χ4n) is 3.59. The fraction of sp³-hybridized carbons (Fsp3) is 0.207. The first-order chi connectivity index (χ1) is 19.9. The largest absolute Gasteiger partial charge is 0.508 e. The number of carbonyl (C=O) groups excluding carboxylic acids is 2. The highest BCUT2D eigenvalue weighted by Crippen LogP contribution is 2.20. The van der Waals surface area contributed by atoms with Crippen molar-refractivity contribution < 1.29 is 19.4 Å². The van der Waals surface area contributed by atoms with Crippen LogP contribution in [0.5, 0.6) is 5.75 Å². The maximum absolute atomic E-state index is 12.6. The average Bonchev–Trinajstić information content (AvgIpc) is 2.97. The molecule has 0 radical (unpaired) electrons. The Kier molecular flexibility index (Phi) is 10.4. The number of carbonyl (C=O) groups is 2. The van der Waals surface area contributed by atoms with Crippen molar-refractivity contribution in [3.05, 3.63) is 90.0 Å². The Labute approximate surface area is 237 Å². The topological polar surface area (TPSA) is 162 Å². The Bertz CT molecular complexity index is 1420. The van der Waals surface area contributed by atoms with E-state index in [0.717, 1.165) is 5.56 Å². The van der Waals surface area contributed by atoms with Crippen LogP contribution in [0.25, 0.3) is 0 Å². The molecule has 2 amide bonds.